The first-order chi connectivity index (χ1) is 11.1. The first-order valence-electron chi connectivity index (χ1n) is 7.39. The molecule has 0 aliphatic heterocycles. The number of carbonyl (C=O) groups is 1. The minimum Gasteiger partial charge on any atom is -0.344 e. The fraction of sp³-hybridized carbons (Fsp3) is 0.167. The molecule has 1 atom stereocenters. The molecule has 0 aliphatic rings. The second kappa shape index (κ2) is 6.04. The van der Waals surface area contributed by atoms with E-state index in [4.69, 9.17) is 0 Å². The average molecular weight is 307 g/mol. The molecule has 0 radical (unpaired) electrons. The first kappa shape index (κ1) is 15.0. The van der Waals surface area contributed by atoms with Crippen LogP contribution in [0.2, 0.25) is 0 Å². The SMILES string of the molecule is CC(NC(=O)c1ccc(=O)n(C)n1)c1cccc2ccccc12. The van der Waals surface area contributed by atoms with E-state index >= 15 is 0 Å². The van der Waals surface area contributed by atoms with Crippen LogP contribution >= 0.6 is 0 Å². The Hall–Kier alpha value is -2.95. The molecule has 1 amide bonds. The van der Waals surface area contributed by atoms with Crippen LogP contribution in [0.25, 0.3) is 10.8 Å². The second-order valence-electron chi connectivity index (χ2n) is 5.44. The summed E-state index contributed by atoms with van der Waals surface area (Å²) in [5.41, 5.74) is 1.02. The predicted octanol–water partition coefficient (Wildman–Crippen LogP) is 2.42. The Balaban J connectivity index is 1.88. The van der Waals surface area contributed by atoms with Gasteiger partial charge in [-0.05, 0) is 29.3 Å². The van der Waals surface area contributed by atoms with E-state index in [0.29, 0.717) is 0 Å². The number of benzene rings is 2. The number of hydrogen-bond donors (Lipinski definition) is 1. The van der Waals surface area contributed by atoms with Crippen molar-refractivity contribution < 1.29 is 4.79 Å². The summed E-state index contributed by atoms with van der Waals surface area (Å²) in [6.45, 7) is 1.93. The highest BCUT2D eigenvalue weighted by atomic mass is 16.2. The molecule has 116 valence electrons. The van der Waals surface area contributed by atoms with Gasteiger partial charge in [0, 0.05) is 13.1 Å². The highest BCUT2D eigenvalue weighted by molar-refractivity contribution is 5.93. The van der Waals surface area contributed by atoms with E-state index in [9.17, 15) is 9.59 Å². The van der Waals surface area contributed by atoms with Crippen molar-refractivity contribution in [1.82, 2.24) is 15.1 Å². The van der Waals surface area contributed by atoms with Crippen LogP contribution in [-0.2, 0) is 7.05 Å². The van der Waals surface area contributed by atoms with Crippen LogP contribution in [0.15, 0.2) is 59.4 Å². The Morgan fingerprint density at radius 2 is 1.83 bits per heavy atom. The first-order valence-corrected chi connectivity index (χ1v) is 7.39. The average Bonchev–Trinajstić information content (AvgIpc) is 2.56. The Labute approximate surface area is 133 Å². The van der Waals surface area contributed by atoms with Gasteiger partial charge < -0.3 is 5.32 Å². The van der Waals surface area contributed by atoms with Crippen molar-refractivity contribution in [1.29, 1.82) is 0 Å². The van der Waals surface area contributed by atoms with Gasteiger partial charge in [-0.25, -0.2) is 4.68 Å². The summed E-state index contributed by atoms with van der Waals surface area (Å²) < 4.78 is 1.15. The van der Waals surface area contributed by atoms with Gasteiger partial charge in [0.05, 0.1) is 6.04 Å². The van der Waals surface area contributed by atoms with Crippen LogP contribution in [-0.4, -0.2) is 15.7 Å². The van der Waals surface area contributed by atoms with Gasteiger partial charge >= 0.3 is 0 Å². The maximum absolute atomic E-state index is 12.3. The van der Waals surface area contributed by atoms with Crippen molar-refractivity contribution in [2.75, 3.05) is 0 Å². The van der Waals surface area contributed by atoms with Gasteiger partial charge in [-0.15, -0.1) is 0 Å². The fourth-order valence-corrected chi connectivity index (χ4v) is 2.60. The van der Waals surface area contributed by atoms with Crippen molar-refractivity contribution >= 4 is 16.7 Å². The molecule has 1 aromatic heterocycles. The number of nitrogens with one attached hydrogen (secondary N) is 1. The second-order valence-corrected chi connectivity index (χ2v) is 5.44. The van der Waals surface area contributed by atoms with Gasteiger partial charge in [0.25, 0.3) is 11.5 Å². The molecule has 3 aromatic rings. The van der Waals surface area contributed by atoms with Crippen molar-refractivity contribution in [3.8, 4) is 0 Å². The van der Waals surface area contributed by atoms with Crippen molar-refractivity contribution in [3.05, 3.63) is 76.2 Å². The molecule has 0 saturated heterocycles. The lowest BCUT2D eigenvalue weighted by Crippen LogP contribution is -2.30. The fourth-order valence-electron chi connectivity index (χ4n) is 2.60. The topological polar surface area (TPSA) is 64.0 Å². The highest BCUT2D eigenvalue weighted by Crippen LogP contribution is 2.24. The summed E-state index contributed by atoms with van der Waals surface area (Å²) >= 11 is 0. The molecule has 23 heavy (non-hydrogen) atoms. The number of carbonyl (C=O) groups excluding carboxylic acids is 1. The summed E-state index contributed by atoms with van der Waals surface area (Å²) in [5, 5.41) is 9.15. The van der Waals surface area contributed by atoms with E-state index in [1.54, 1.807) is 0 Å². The molecule has 3 rings (SSSR count). The summed E-state index contributed by atoms with van der Waals surface area (Å²) in [7, 11) is 1.52. The van der Waals surface area contributed by atoms with Crippen LogP contribution in [0.3, 0.4) is 0 Å². The summed E-state index contributed by atoms with van der Waals surface area (Å²) in [5.74, 6) is -0.305. The number of fused-ring (bicyclic) bond motifs is 1. The van der Waals surface area contributed by atoms with E-state index in [-0.39, 0.29) is 23.2 Å². The van der Waals surface area contributed by atoms with Gasteiger partial charge in [0.1, 0.15) is 5.69 Å². The third-order valence-electron chi connectivity index (χ3n) is 3.83. The van der Waals surface area contributed by atoms with Gasteiger partial charge in [-0.1, -0.05) is 42.5 Å². The molecular formula is C18H17N3O2. The third kappa shape index (κ3) is 2.99. The predicted molar refractivity (Wildman–Crippen MR) is 89.3 cm³/mol. The monoisotopic (exact) mass is 307 g/mol. The zero-order valence-electron chi connectivity index (χ0n) is 13.0. The number of rotatable bonds is 3. The van der Waals surface area contributed by atoms with E-state index in [1.165, 1.54) is 19.2 Å². The standard InChI is InChI=1S/C18H17N3O2/c1-12(14-9-5-7-13-6-3-4-8-15(13)14)19-18(23)16-10-11-17(22)21(2)20-16/h3-12H,1-2H3,(H,19,23). The lowest BCUT2D eigenvalue weighted by atomic mass is 9.99. The molecule has 5 heteroatoms. The smallest absolute Gasteiger partial charge is 0.272 e. The lowest BCUT2D eigenvalue weighted by Gasteiger charge is -2.16. The van der Waals surface area contributed by atoms with Crippen molar-refractivity contribution in [3.63, 3.8) is 0 Å². The molecule has 0 bridgehead atoms. The van der Waals surface area contributed by atoms with Gasteiger partial charge in [0.2, 0.25) is 0 Å². The summed E-state index contributed by atoms with van der Waals surface area (Å²) in [6, 6.07) is 16.7. The minimum atomic E-state index is -0.305. The minimum absolute atomic E-state index is 0.173. The molecule has 2 aromatic carbocycles. The number of amides is 1. The molecule has 0 saturated carbocycles. The zero-order valence-corrected chi connectivity index (χ0v) is 13.0. The largest absolute Gasteiger partial charge is 0.344 e. The molecule has 1 heterocycles. The highest BCUT2D eigenvalue weighted by Gasteiger charge is 2.15. The molecule has 1 N–H and O–H groups in total. The number of aryl methyl sites for hydroxylation is 1. The maximum Gasteiger partial charge on any atom is 0.272 e. The Morgan fingerprint density at radius 3 is 2.61 bits per heavy atom. The molecule has 0 fully saturated rings. The molecule has 0 aliphatic carbocycles. The number of nitrogens with zero attached hydrogens (tertiary/aromatic N) is 2. The summed E-state index contributed by atoms with van der Waals surface area (Å²) in [6.07, 6.45) is 0. The quantitative estimate of drug-likeness (QED) is 0.808. The van der Waals surface area contributed by atoms with E-state index in [0.717, 1.165) is 21.0 Å². The van der Waals surface area contributed by atoms with Crippen LogP contribution in [0.1, 0.15) is 29.0 Å². The molecular weight excluding hydrogens is 290 g/mol. The third-order valence-corrected chi connectivity index (χ3v) is 3.83. The Bertz CT molecular complexity index is 925. The normalized spacial score (nSPS) is 12.1. The van der Waals surface area contributed by atoms with Gasteiger partial charge in [0.15, 0.2) is 0 Å². The Kier molecular flexibility index (Phi) is 3.93. The molecule has 1 unspecified atom stereocenters. The molecule has 5 nitrogen and oxygen atoms in total. The molecule has 0 spiro atoms. The maximum atomic E-state index is 12.3. The van der Waals surface area contributed by atoms with E-state index < -0.39 is 0 Å². The van der Waals surface area contributed by atoms with E-state index in [1.807, 2.05) is 49.4 Å². The van der Waals surface area contributed by atoms with Gasteiger partial charge in [-0.2, -0.15) is 5.10 Å². The van der Waals surface area contributed by atoms with Crippen LogP contribution in [0, 0.1) is 0 Å². The van der Waals surface area contributed by atoms with Crippen LogP contribution in [0.4, 0.5) is 0 Å². The number of aromatic nitrogens is 2. The Morgan fingerprint density at radius 1 is 1.09 bits per heavy atom. The van der Waals surface area contributed by atoms with Gasteiger partial charge in [-0.3, -0.25) is 9.59 Å². The van der Waals surface area contributed by atoms with Crippen LogP contribution in [0.5, 0.6) is 0 Å². The van der Waals surface area contributed by atoms with Crippen LogP contribution < -0.4 is 10.9 Å². The van der Waals surface area contributed by atoms with Crippen molar-refractivity contribution in [2.24, 2.45) is 7.05 Å². The van der Waals surface area contributed by atoms with E-state index in [2.05, 4.69) is 10.4 Å². The summed E-state index contributed by atoms with van der Waals surface area (Å²) in [4.78, 5) is 23.7. The van der Waals surface area contributed by atoms with Crippen molar-refractivity contribution in [2.45, 2.75) is 13.0 Å². The zero-order chi connectivity index (χ0) is 16.4. The lowest BCUT2D eigenvalue weighted by molar-refractivity contribution is 0.0932. The number of hydrogen-bond acceptors (Lipinski definition) is 3.